The summed E-state index contributed by atoms with van der Waals surface area (Å²) in [7, 11) is -3.62. The van der Waals surface area contributed by atoms with E-state index in [0.29, 0.717) is 18.5 Å². The number of non-ortho nitro benzene ring substituents is 1. The first-order chi connectivity index (χ1) is 13.5. The van der Waals surface area contributed by atoms with Crippen LogP contribution in [0.3, 0.4) is 0 Å². The number of nitro groups is 1. The number of benzene rings is 2. The molecule has 0 amide bonds. The van der Waals surface area contributed by atoms with Gasteiger partial charge in [0.2, 0.25) is 10.0 Å². The molecule has 0 N–H and O–H groups in total. The van der Waals surface area contributed by atoms with E-state index in [1.807, 2.05) is 41.8 Å². The van der Waals surface area contributed by atoms with Crippen molar-refractivity contribution in [3.8, 4) is 0 Å². The minimum atomic E-state index is -3.62. The molecule has 28 heavy (non-hydrogen) atoms. The largest absolute Gasteiger partial charge is 0.269 e. The van der Waals surface area contributed by atoms with Gasteiger partial charge in [0, 0.05) is 23.6 Å². The van der Waals surface area contributed by atoms with E-state index in [9.17, 15) is 18.5 Å². The molecule has 2 heterocycles. The van der Waals surface area contributed by atoms with E-state index >= 15 is 0 Å². The Bertz CT molecular complexity index is 1090. The summed E-state index contributed by atoms with van der Waals surface area (Å²) in [5, 5.41) is 12.8. The fourth-order valence-electron chi connectivity index (χ4n) is 3.58. The Labute approximate surface area is 167 Å². The van der Waals surface area contributed by atoms with Gasteiger partial charge in [-0.1, -0.05) is 42.5 Å². The highest BCUT2D eigenvalue weighted by Crippen LogP contribution is 2.39. The molecule has 1 aliphatic heterocycles. The van der Waals surface area contributed by atoms with Gasteiger partial charge in [-0.15, -0.1) is 11.3 Å². The summed E-state index contributed by atoms with van der Waals surface area (Å²) in [5.74, 6) is -0.187. The molecule has 1 aromatic heterocycles. The van der Waals surface area contributed by atoms with Gasteiger partial charge >= 0.3 is 0 Å². The van der Waals surface area contributed by atoms with Crippen LogP contribution < -0.4 is 0 Å². The number of hydrogen-bond acceptors (Lipinski definition) is 5. The first-order valence-electron chi connectivity index (χ1n) is 8.80. The number of fused-ring (bicyclic) bond motifs is 1. The maximum absolute atomic E-state index is 13.3. The van der Waals surface area contributed by atoms with E-state index < -0.39 is 14.9 Å². The van der Waals surface area contributed by atoms with Gasteiger partial charge in [-0.25, -0.2) is 8.42 Å². The summed E-state index contributed by atoms with van der Waals surface area (Å²) in [6, 6.07) is 17.0. The summed E-state index contributed by atoms with van der Waals surface area (Å²) in [6.07, 6.45) is 0.690. The van der Waals surface area contributed by atoms with Crippen LogP contribution >= 0.6 is 11.3 Å². The summed E-state index contributed by atoms with van der Waals surface area (Å²) in [6.45, 7) is 0.419. The monoisotopic (exact) mass is 414 g/mol. The highest BCUT2D eigenvalue weighted by atomic mass is 32.2. The van der Waals surface area contributed by atoms with Crippen LogP contribution in [0.5, 0.6) is 0 Å². The highest BCUT2D eigenvalue weighted by Gasteiger charge is 2.37. The molecular formula is C20H18N2O4S2. The Morgan fingerprint density at radius 1 is 1.07 bits per heavy atom. The van der Waals surface area contributed by atoms with Gasteiger partial charge < -0.3 is 0 Å². The lowest BCUT2D eigenvalue weighted by Crippen LogP contribution is -2.40. The molecule has 1 aliphatic rings. The Balaban J connectivity index is 1.68. The second-order valence-corrected chi connectivity index (χ2v) is 9.58. The van der Waals surface area contributed by atoms with Crippen molar-refractivity contribution in [2.75, 3.05) is 6.54 Å². The highest BCUT2D eigenvalue weighted by molar-refractivity contribution is 7.88. The number of nitrogens with zero attached hydrogens (tertiary/aromatic N) is 2. The second-order valence-electron chi connectivity index (χ2n) is 6.65. The summed E-state index contributed by atoms with van der Waals surface area (Å²) in [4.78, 5) is 11.5. The van der Waals surface area contributed by atoms with Crippen LogP contribution in [0.1, 0.15) is 27.6 Å². The smallest absolute Gasteiger partial charge is 0.258 e. The van der Waals surface area contributed by atoms with Gasteiger partial charge in [-0.05, 0) is 34.6 Å². The van der Waals surface area contributed by atoms with Gasteiger partial charge in [0.25, 0.3) is 5.69 Å². The normalized spacial score (nSPS) is 17.2. The molecule has 0 radical (unpaired) electrons. The molecule has 0 fully saturated rings. The molecule has 0 saturated carbocycles. The van der Waals surface area contributed by atoms with E-state index in [4.69, 9.17) is 0 Å². The fraction of sp³-hybridized carbons (Fsp3) is 0.200. The van der Waals surface area contributed by atoms with E-state index in [-0.39, 0.29) is 17.5 Å². The zero-order valence-corrected chi connectivity index (χ0v) is 16.5. The first-order valence-corrected chi connectivity index (χ1v) is 11.3. The molecular weight excluding hydrogens is 396 g/mol. The van der Waals surface area contributed by atoms with Crippen LogP contribution in [-0.2, 0) is 22.2 Å². The van der Waals surface area contributed by atoms with Crippen LogP contribution in [0.4, 0.5) is 5.69 Å². The summed E-state index contributed by atoms with van der Waals surface area (Å²) >= 11 is 1.66. The molecule has 0 bridgehead atoms. The van der Waals surface area contributed by atoms with Crippen LogP contribution in [0.2, 0.25) is 0 Å². The van der Waals surface area contributed by atoms with Gasteiger partial charge in [0.1, 0.15) is 0 Å². The van der Waals surface area contributed by atoms with Crippen molar-refractivity contribution in [1.29, 1.82) is 0 Å². The predicted octanol–water partition coefficient (Wildman–Crippen LogP) is 4.13. The van der Waals surface area contributed by atoms with E-state index in [0.717, 1.165) is 11.1 Å². The summed E-state index contributed by atoms with van der Waals surface area (Å²) < 4.78 is 28.1. The van der Waals surface area contributed by atoms with Crippen LogP contribution in [0, 0.1) is 10.1 Å². The molecule has 0 aliphatic carbocycles. The molecule has 144 valence electrons. The molecule has 8 heteroatoms. The number of hydrogen-bond donors (Lipinski definition) is 0. The lowest BCUT2D eigenvalue weighted by atomic mass is 9.95. The molecule has 6 nitrogen and oxygen atoms in total. The second kappa shape index (κ2) is 7.46. The first kappa shape index (κ1) is 18.8. The number of thiophene rings is 1. The minimum Gasteiger partial charge on any atom is -0.258 e. The van der Waals surface area contributed by atoms with Crippen molar-refractivity contribution < 1.29 is 13.3 Å². The topological polar surface area (TPSA) is 80.5 Å². The van der Waals surface area contributed by atoms with Crippen LogP contribution in [0.15, 0.2) is 66.0 Å². The minimum absolute atomic E-state index is 0.0517. The fourth-order valence-corrected chi connectivity index (χ4v) is 6.19. The third-order valence-corrected chi connectivity index (χ3v) is 7.69. The van der Waals surface area contributed by atoms with Crippen LogP contribution in [-0.4, -0.2) is 24.2 Å². The van der Waals surface area contributed by atoms with E-state index in [2.05, 4.69) is 0 Å². The third-order valence-electron chi connectivity index (χ3n) is 4.89. The number of sulfonamides is 1. The number of rotatable bonds is 5. The average Bonchev–Trinajstić information content (AvgIpc) is 3.17. The molecule has 0 spiro atoms. The zero-order chi connectivity index (χ0) is 19.7. The maximum Gasteiger partial charge on any atom is 0.269 e. The van der Waals surface area contributed by atoms with Crippen LogP contribution in [0.25, 0.3) is 0 Å². The third kappa shape index (κ3) is 3.58. The van der Waals surface area contributed by atoms with Gasteiger partial charge in [0.05, 0.1) is 16.7 Å². The molecule has 1 atom stereocenters. The van der Waals surface area contributed by atoms with Crippen molar-refractivity contribution in [2.45, 2.75) is 18.2 Å². The van der Waals surface area contributed by atoms with Crippen molar-refractivity contribution in [3.05, 3.63) is 97.7 Å². The average molecular weight is 415 g/mol. The zero-order valence-electron chi connectivity index (χ0n) is 14.9. The van der Waals surface area contributed by atoms with E-state index in [1.54, 1.807) is 15.6 Å². The standard InChI is InChI=1S/C20H18N2O4S2/c23-22(24)17-8-6-15(7-9-17)14-28(25,26)21-12-10-19-18(11-13-27-19)20(21)16-4-2-1-3-5-16/h1-9,11,13,20H,10,12,14H2. The lowest BCUT2D eigenvalue weighted by molar-refractivity contribution is -0.384. The van der Waals surface area contributed by atoms with Crippen molar-refractivity contribution >= 4 is 27.0 Å². The lowest BCUT2D eigenvalue weighted by Gasteiger charge is -2.35. The van der Waals surface area contributed by atoms with Gasteiger partial charge in [-0.3, -0.25) is 10.1 Å². The molecule has 4 rings (SSSR count). The number of nitro benzene ring substituents is 1. The van der Waals surface area contributed by atoms with Crippen molar-refractivity contribution in [2.24, 2.45) is 0 Å². The summed E-state index contributed by atoms with van der Waals surface area (Å²) in [5.41, 5.74) is 2.46. The van der Waals surface area contributed by atoms with Crippen molar-refractivity contribution in [3.63, 3.8) is 0 Å². The molecule has 3 aromatic rings. The van der Waals surface area contributed by atoms with Crippen molar-refractivity contribution in [1.82, 2.24) is 4.31 Å². The van der Waals surface area contributed by atoms with Gasteiger partial charge in [0.15, 0.2) is 0 Å². The Kier molecular flexibility index (Phi) is 5.01. The Hall–Kier alpha value is -2.55. The van der Waals surface area contributed by atoms with Gasteiger partial charge in [-0.2, -0.15) is 4.31 Å². The SMILES string of the molecule is O=[N+]([O-])c1ccc(CS(=O)(=O)N2CCc3sccc3C2c2ccccc2)cc1. The maximum atomic E-state index is 13.3. The molecule has 0 saturated heterocycles. The Morgan fingerprint density at radius 3 is 2.46 bits per heavy atom. The molecule has 2 aromatic carbocycles. The predicted molar refractivity (Wildman–Crippen MR) is 109 cm³/mol. The molecule has 1 unspecified atom stereocenters. The quantitative estimate of drug-likeness (QED) is 0.464. The Morgan fingerprint density at radius 2 is 1.79 bits per heavy atom. The van der Waals surface area contributed by atoms with E-state index in [1.165, 1.54) is 29.1 Å².